The van der Waals surface area contributed by atoms with Crippen LogP contribution in [0.4, 0.5) is 5.82 Å². The molecule has 0 amide bonds. The highest BCUT2D eigenvalue weighted by Crippen LogP contribution is 2.40. The van der Waals surface area contributed by atoms with Crippen molar-refractivity contribution in [3.63, 3.8) is 0 Å². The van der Waals surface area contributed by atoms with Crippen molar-refractivity contribution >= 4 is 20.0 Å². The lowest BCUT2D eigenvalue weighted by Crippen LogP contribution is -2.33. The number of hydrogen-bond acceptors (Lipinski definition) is 9. The lowest BCUT2D eigenvalue weighted by molar-refractivity contribution is -0.475. The molecule has 0 aromatic carbocycles. The van der Waals surface area contributed by atoms with Crippen LogP contribution in [0.3, 0.4) is 0 Å². The fourth-order valence-electron chi connectivity index (χ4n) is 2.47. The topological polar surface area (TPSA) is 193 Å². The van der Waals surface area contributed by atoms with Gasteiger partial charge in [0.05, 0.1) is 6.61 Å². The zero-order valence-electron chi connectivity index (χ0n) is 12.0. The van der Waals surface area contributed by atoms with Crippen LogP contribution in [-0.2, 0) is 13.8 Å². The van der Waals surface area contributed by atoms with Crippen LogP contribution in [0.25, 0.3) is 0 Å². The summed E-state index contributed by atoms with van der Waals surface area (Å²) < 4.78 is 22.1. The number of rotatable bonds is 4. The Balaban J connectivity index is 1.82. The molecule has 0 spiro atoms. The molecule has 3 heterocycles. The summed E-state index contributed by atoms with van der Waals surface area (Å²) in [6, 6.07) is 0. The van der Waals surface area contributed by atoms with Crippen molar-refractivity contribution in [1.82, 2.24) is 9.55 Å². The van der Waals surface area contributed by atoms with Crippen LogP contribution in [0.5, 0.6) is 0 Å². The van der Waals surface area contributed by atoms with E-state index in [1.54, 1.807) is 0 Å². The van der Waals surface area contributed by atoms with Crippen LogP contribution in [0.15, 0.2) is 11.3 Å². The van der Waals surface area contributed by atoms with Crippen molar-refractivity contribution in [2.24, 2.45) is 10.7 Å². The molecule has 1 aromatic rings. The van der Waals surface area contributed by atoms with E-state index in [9.17, 15) is 19.7 Å². The fraction of sp³-hybridized carbons (Fsp3) is 0.600. The van der Waals surface area contributed by atoms with Crippen LogP contribution >= 0.6 is 7.82 Å². The molecule has 1 fully saturated rings. The number of phosphoric ester groups is 1. The first-order valence-electron chi connectivity index (χ1n) is 6.72. The van der Waals surface area contributed by atoms with Gasteiger partial charge in [0.15, 0.2) is 11.9 Å². The summed E-state index contributed by atoms with van der Waals surface area (Å²) in [5, 5.41) is 20.1. The van der Waals surface area contributed by atoms with Crippen molar-refractivity contribution in [2.45, 2.75) is 30.7 Å². The molecule has 2 aliphatic heterocycles. The Hall–Kier alpha value is -1.57. The molecule has 5 atom stereocenters. The number of aromatic nitrogens is 2. The Bertz CT molecular complexity index is 731. The number of aliphatic imine (C=N–C) groups is 1. The van der Waals surface area contributed by atoms with Gasteiger partial charge in [-0.05, 0) is 9.75 Å². The summed E-state index contributed by atoms with van der Waals surface area (Å²) in [5.41, 5.74) is 5.83. The first-order valence-corrected chi connectivity index (χ1v) is 8.25. The largest absolute Gasteiger partial charge is 0.469 e. The van der Waals surface area contributed by atoms with Gasteiger partial charge in [0, 0.05) is 0 Å². The number of fused-ring (bicyclic) bond motifs is 1. The summed E-state index contributed by atoms with van der Waals surface area (Å²) in [7, 11) is -4.75. The van der Waals surface area contributed by atoms with Gasteiger partial charge in [-0.1, -0.05) is 4.91 Å². The Kier molecular flexibility index (Phi) is 4.36. The van der Waals surface area contributed by atoms with E-state index in [2.05, 4.69) is 14.5 Å². The molecule has 132 valence electrons. The second-order valence-electron chi connectivity index (χ2n) is 5.24. The third kappa shape index (κ3) is 3.03. The standard InChI is InChI=1S/C10H14N5O8P/c11-8-5-9(13-3-15(8)18)14(2-12-5)10-7(17)6(16)4(23-10)1-22-24(19,20)21/h2-4,6-8,10,16-17H,1,11H2,(H-,19,20,21)/p+1. The average Bonchev–Trinajstić information content (AvgIpc) is 3.04. The molecule has 6 N–H and O–H groups in total. The summed E-state index contributed by atoms with van der Waals surface area (Å²) in [5.74, 6) is 0.169. The number of aliphatic hydroxyl groups is 2. The molecule has 24 heavy (non-hydrogen) atoms. The highest BCUT2D eigenvalue weighted by molar-refractivity contribution is 7.46. The lowest BCUT2D eigenvalue weighted by atomic mass is 10.1. The van der Waals surface area contributed by atoms with Gasteiger partial charge < -0.3 is 24.7 Å². The molecular formula is C10H15N5O8P+. The van der Waals surface area contributed by atoms with Crippen molar-refractivity contribution in [3.8, 4) is 0 Å². The van der Waals surface area contributed by atoms with Crippen molar-refractivity contribution in [1.29, 1.82) is 0 Å². The van der Waals surface area contributed by atoms with Crippen molar-refractivity contribution < 1.29 is 38.6 Å². The Labute approximate surface area is 134 Å². The highest BCUT2D eigenvalue weighted by Gasteiger charge is 2.47. The molecule has 0 saturated carbocycles. The van der Waals surface area contributed by atoms with E-state index in [-0.39, 0.29) is 11.5 Å². The smallest absolute Gasteiger partial charge is 0.387 e. The Morgan fingerprint density at radius 3 is 2.79 bits per heavy atom. The Morgan fingerprint density at radius 2 is 2.12 bits per heavy atom. The van der Waals surface area contributed by atoms with E-state index in [1.165, 1.54) is 10.9 Å². The predicted octanol–water partition coefficient (Wildman–Crippen LogP) is -1.98. The van der Waals surface area contributed by atoms with E-state index in [4.69, 9.17) is 20.3 Å². The zero-order valence-corrected chi connectivity index (χ0v) is 12.9. The van der Waals surface area contributed by atoms with Gasteiger partial charge in [0.2, 0.25) is 6.17 Å². The van der Waals surface area contributed by atoms with Gasteiger partial charge in [-0.15, -0.1) is 0 Å². The maximum Gasteiger partial charge on any atom is 0.469 e. The molecule has 13 nitrogen and oxygen atoms in total. The molecule has 1 saturated heterocycles. The zero-order chi connectivity index (χ0) is 17.6. The molecule has 0 aliphatic carbocycles. The number of nitrogens with zero attached hydrogens (tertiary/aromatic N) is 4. The van der Waals surface area contributed by atoms with Gasteiger partial charge in [-0.25, -0.2) is 9.55 Å². The number of ether oxygens (including phenoxy) is 1. The third-order valence-corrected chi connectivity index (χ3v) is 4.15. The first kappa shape index (κ1) is 17.3. The molecule has 2 aliphatic rings. The normalized spacial score (nSPS) is 33.0. The second-order valence-corrected chi connectivity index (χ2v) is 6.48. The monoisotopic (exact) mass is 364 g/mol. The van der Waals surface area contributed by atoms with E-state index < -0.39 is 45.1 Å². The van der Waals surface area contributed by atoms with Crippen molar-refractivity contribution in [2.75, 3.05) is 6.61 Å². The summed E-state index contributed by atoms with van der Waals surface area (Å²) in [6.07, 6.45) is -4.14. The minimum atomic E-state index is -4.75. The number of aliphatic hydroxyl groups excluding tert-OH is 2. The maximum atomic E-state index is 11.4. The maximum absolute atomic E-state index is 11.4. The van der Waals surface area contributed by atoms with Gasteiger partial charge in [-0.3, -0.25) is 14.8 Å². The molecule has 0 bridgehead atoms. The third-order valence-electron chi connectivity index (χ3n) is 3.66. The molecule has 3 rings (SSSR count). The summed E-state index contributed by atoms with van der Waals surface area (Å²) in [6.45, 7) is -0.632. The predicted molar refractivity (Wildman–Crippen MR) is 74.9 cm³/mol. The van der Waals surface area contributed by atoms with Crippen LogP contribution in [-0.4, -0.2) is 65.6 Å². The number of phosphoric acid groups is 1. The van der Waals surface area contributed by atoms with E-state index in [0.29, 0.717) is 4.76 Å². The second kappa shape index (κ2) is 6.06. The van der Waals surface area contributed by atoms with Crippen LogP contribution < -0.4 is 5.73 Å². The lowest BCUT2D eigenvalue weighted by Gasteiger charge is -2.16. The fourth-order valence-corrected chi connectivity index (χ4v) is 2.81. The van der Waals surface area contributed by atoms with Gasteiger partial charge in [-0.2, -0.15) is 0 Å². The number of nitrogens with two attached hydrogens (primary N) is 1. The highest BCUT2D eigenvalue weighted by atomic mass is 31.2. The molecule has 14 heteroatoms. The Morgan fingerprint density at radius 1 is 1.42 bits per heavy atom. The van der Waals surface area contributed by atoms with E-state index in [0.717, 1.165) is 6.34 Å². The molecule has 5 unspecified atom stereocenters. The number of imidazole rings is 1. The van der Waals surface area contributed by atoms with Gasteiger partial charge >= 0.3 is 14.2 Å². The van der Waals surface area contributed by atoms with Crippen molar-refractivity contribution in [3.05, 3.63) is 16.9 Å². The SMILES string of the molecule is NC1c2ncn(C3OC(COP(=O)(O)O)C(O)C3O)c2N=C[N+]1=O. The molecule has 1 aromatic heterocycles. The van der Waals surface area contributed by atoms with Gasteiger partial charge in [0.25, 0.3) is 5.82 Å². The summed E-state index contributed by atoms with van der Waals surface area (Å²) in [4.78, 5) is 36.7. The minimum Gasteiger partial charge on any atom is -0.387 e. The quantitative estimate of drug-likeness (QED) is 0.295. The number of nitroso groups, excluding NO2 is 1. The minimum absolute atomic E-state index is 0.160. The van der Waals surface area contributed by atoms with Gasteiger partial charge in [0.1, 0.15) is 24.6 Å². The van der Waals surface area contributed by atoms with E-state index >= 15 is 0 Å². The molecular weight excluding hydrogens is 349 g/mol. The van der Waals surface area contributed by atoms with Crippen LogP contribution in [0.1, 0.15) is 18.1 Å². The first-order chi connectivity index (χ1) is 11.2. The number of hydrogen-bond donors (Lipinski definition) is 5. The summed E-state index contributed by atoms with van der Waals surface area (Å²) >= 11 is 0. The molecule has 0 radical (unpaired) electrons. The van der Waals surface area contributed by atoms with E-state index in [1.807, 2.05) is 0 Å². The van der Waals surface area contributed by atoms with Crippen LogP contribution in [0.2, 0.25) is 0 Å². The average molecular weight is 364 g/mol. The van der Waals surface area contributed by atoms with Crippen LogP contribution in [0, 0.1) is 4.91 Å².